The van der Waals surface area contributed by atoms with Crippen LogP contribution >= 0.6 is 23.7 Å². The van der Waals surface area contributed by atoms with E-state index in [0.29, 0.717) is 17.3 Å². The van der Waals surface area contributed by atoms with Gasteiger partial charge in [0.1, 0.15) is 4.21 Å². The Bertz CT molecular complexity index is 679. The lowest BCUT2D eigenvalue weighted by atomic mass is 9.92. The Hall–Kier alpha value is -0.670. The van der Waals surface area contributed by atoms with Crippen molar-refractivity contribution in [2.45, 2.75) is 61.2 Å². The van der Waals surface area contributed by atoms with Gasteiger partial charge in [0.05, 0.1) is 6.42 Å². The molecule has 1 aliphatic carbocycles. The van der Waals surface area contributed by atoms with Gasteiger partial charge in [0.25, 0.3) is 10.0 Å². The summed E-state index contributed by atoms with van der Waals surface area (Å²) in [6, 6.07) is 3.84. The molecule has 1 saturated carbocycles. The summed E-state index contributed by atoms with van der Waals surface area (Å²) < 4.78 is 26.9. The van der Waals surface area contributed by atoms with E-state index in [-0.39, 0.29) is 36.8 Å². The van der Waals surface area contributed by atoms with Crippen LogP contribution in [0.4, 0.5) is 0 Å². The van der Waals surface area contributed by atoms with Gasteiger partial charge >= 0.3 is 0 Å². The lowest BCUT2D eigenvalue weighted by molar-refractivity contribution is -0.121. The van der Waals surface area contributed by atoms with E-state index < -0.39 is 10.0 Å². The zero-order chi connectivity index (χ0) is 17.2. The summed E-state index contributed by atoms with van der Waals surface area (Å²) in [6.07, 6.45) is 5.82. The van der Waals surface area contributed by atoms with Crippen LogP contribution in [0.1, 0.15) is 43.4 Å². The zero-order valence-electron chi connectivity index (χ0n) is 14.1. The quantitative estimate of drug-likeness (QED) is 0.779. The minimum Gasteiger partial charge on any atom is -0.353 e. The third kappa shape index (κ3) is 5.17. The van der Waals surface area contributed by atoms with Crippen LogP contribution in [-0.2, 0) is 21.2 Å². The van der Waals surface area contributed by atoms with Crippen LogP contribution in [0, 0.1) is 0 Å². The highest BCUT2D eigenvalue weighted by Gasteiger charge is 2.28. The number of sulfonamides is 1. The van der Waals surface area contributed by atoms with Crippen LogP contribution in [-0.4, -0.2) is 43.8 Å². The van der Waals surface area contributed by atoms with Crippen LogP contribution in [0.5, 0.6) is 0 Å². The van der Waals surface area contributed by atoms with Crippen LogP contribution in [0.15, 0.2) is 16.3 Å². The highest BCUT2D eigenvalue weighted by Crippen LogP contribution is 2.27. The third-order valence-corrected chi connectivity index (χ3v) is 8.22. The molecule has 2 aliphatic rings. The molecule has 3 rings (SSSR count). The molecule has 9 heteroatoms. The number of halogens is 1. The molecule has 1 aliphatic heterocycles. The van der Waals surface area contributed by atoms with E-state index in [0.717, 1.165) is 43.4 Å². The van der Waals surface area contributed by atoms with Gasteiger partial charge in [-0.2, -0.15) is 4.31 Å². The molecule has 0 radical (unpaired) electrons. The minimum atomic E-state index is -3.38. The molecule has 1 aromatic heterocycles. The number of carbonyl (C=O) groups is 1. The summed E-state index contributed by atoms with van der Waals surface area (Å²) in [5.41, 5.74) is 5.87. The second-order valence-electron chi connectivity index (χ2n) is 6.69. The van der Waals surface area contributed by atoms with E-state index in [2.05, 4.69) is 5.32 Å². The maximum atomic E-state index is 12.5. The first kappa shape index (κ1) is 20.6. The molecular formula is C16H26ClN3O3S2. The molecule has 0 aromatic carbocycles. The Balaban J connectivity index is 0.00000225. The van der Waals surface area contributed by atoms with Gasteiger partial charge in [0, 0.05) is 30.1 Å². The molecule has 0 atom stereocenters. The average Bonchev–Trinajstić information content (AvgIpc) is 3.21. The summed E-state index contributed by atoms with van der Waals surface area (Å²) in [4.78, 5) is 13.0. The van der Waals surface area contributed by atoms with Gasteiger partial charge in [-0.25, -0.2) is 8.42 Å². The predicted octanol–water partition coefficient (Wildman–Crippen LogP) is 1.88. The van der Waals surface area contributed by atoms with Crippen molar-refractivity contribution in [3.05, 3.63) is 17.0 Å². The molecule has 2 heterocycles. The number of nitrogens with one attached hydrogen (secondary N) is 1. The monoisotopic (exact) mass is 407 g/mol. The SMILES string of the molecule is Cl.NC1CCC(NC(=O)Cc2ccc(S(=O)(=O)N3CCCC3)s2)CC1. The van der Waals surface area contributed by atoms with Crippen molar-refractivity contribution < 1.29 is 13.2 Å². The van der Waals surface area contributed by atoms with Crippen LogP contribution in [0.3, 0.4) is 0 Å². The van der Waals surface area contributed by atoms with Crippen molar-refractivity contribution in [2.75, 3.05) is 13.1 Å². The second kappa shape index (κ2) is 8.81. The van der Waals surface area contributed by atoms with Crippen molar-refractivity contribution in [3.63, 3.8) is 0 Å². The molecular weight excluding hydrogens is 382 g/mol. The van der Waals surface area contributed by atoms with Crippen molar-refractivity contribution in [3.8, 4) is 0 Å². The van der Waals surface area contributed by atoms with E-state index >= 15 is 0 Å². The molecule has 1 amide bonds. The van der Waals surface area contributed by atoms with Crippen molar-refractivity contribution in [1.82, 2.24) is 9.62 Å². The predicted molar refractivity (Wildman–Crippen MR) is 102 cm³/mol. The molecule has 25 heavy (non-hydrogen) atoms. The number of nitrogens with two attached hydrogens (primary N) is 1. The molecule has 2 fully saturated rings. The maximum Gasteiger partial charge on any atom is 0.252 e. The van der Waals surface area contributed by atoms with Crippen molar-refractivity contribution >= 4 is 39.7 Å². The normalized spacial score (nSPS) is 24.7. The molecule has 0 spiro atoms. The molecule has 1 aromatic rings. The first-order chi connectivity index (χ1) is 11.4. The molecule has 3 N–H and O–H groups in total. The number of hydrogen-bond donors (Lipinski definition) is 2. The highest BCUT2D eigenvalue weighted by atomic mass is 35.5. The van der Waals surface area contributed by atoms with E-state index in [1.54, 1.807) is 12.1 Å². The first-order valence-corrected chi connectivity index (χ1v) is 10.8. The number of carbonyl (C=O) groups excluding carboxylic acids is 1. The highest BCUT2D eigenvalue weighted by molar-refractivity contribution is 7.91. The number of thiophene rings is 1. The van der Waals surface area contributed by atoms with Crippen molar-refractivity contribution in [2.24, 2.45) is 5.73 Å². The minimum absolute atomic E-state index is 0. The Morgan fingerprint density at radius 1 is 1.20 bits per heavy atom. The van der Waals surface area contributed by atoms with E-state index in [1.165, 1.54) is 15.6 Å². The van der Waals surface area contributed by atoms with Gasteiger partial charge in [-0.1, -0.05) is 0 Å². The molecule has 0 bridgehead atoms. The average molecular weight is 408 g/mol. The van der Waals surface area contributed by atoms with Gasteiger partial charge in [-0.3, -0.25) is 4.79 Å². The fourth-order valence-electron chi connectivity index (χ4n) is 3.35. The fourth-order valence-corrected chi connectivity index (χ4v) is 6.37. The topological polar surface area (TPSA) is 92.5 Å². The second-order valence-corrected chi connectivity index (χ2v) is 10.0. The van der Waals surface area contributed by atoms with Crippen LogP contribution < -0.4 is 11.1 Å². The summed E-state index contributed by atoms with van der Waals surface area (Å²) in [6.45, 7) is 1.19. The molecule has 6 nitrogen and oxygen atoms in total. The van der Waals surface area contributed by atoms with Gasteiger partial charge in [-0.05, 0) is 50.7 Å². The summed E-state index contributed by atoms with van der Waals surface area (Å²) in [5, 5.41) is 3.04. The smallest absolute Gasteiger partial charge is 0.252 e. The number of rotatable bonds is 5. The maximum absolute atomic E-state index is 12.5. The molecule has 1 saturated heterocycles. The standard InChI is InChI=1S/C16H25N3O3S2.ClH/c17-12-3-5-13(6-4-12)18-15(20)11-14-7-8-16(23-14)24(21,22)19-9-1-2-10-19;/h7-8,12-13H,1-6,9-11,17H2,(H,18,20);1H. The summed E-state index contributed by atoms with van der Waals surface area (Å²) >= 11 is 1.21. The van der Waals surface area contributed by atoms with Gasteiger partial charge in [0.2, 0.25) is 5.91 Å². The van der Waals surface area contributed by atoms with Gasteiger partial charge in [0.15, 0.2) is 0 Å². The summed E-state index contributed by atoms with van der Waals surface area (Å²) in [5.74, 6) is -0.0394. The summed E-state index contributed by atoms with van der Waals surface area (Å²) in [7, 11) is -3.38. The third-order valence-electron chi connectivity index (χ3n) is 4.77. The number of hydrogen-bond acceptors (Lipinski definition) is 5. The van der Waals surface area contributed by atoms with E-state index in [1.807, 2.05) is 0 Å². The Kier molecular flexibility index (Phi) is 7.28. The largest absolute Gasteiger partial charge is 0.353 e. The lowest BCUT2D eigenvalue weighted by Gasteiger charge is -2.26. The Morgan fingerprint density at radius 2 is 1.84 bits per heavy atom. The Morgan fingerprint density at radius 3 is 2.48 bits per heavy atom. The van der Waals surface area contributed by atoms with Crippen LogP contribution in [0.25, 0.3) is 0 Å². The van der Waals surface area contributed by atoms with Gasteiger partial charge < -0.3 is 11.1 Å². The van der Waals surface area contributed by atoms with Crippen molar-refractivity contribution in [1.29, 1.82) is 0 Å². The Labute approximate surface area is 159 Å². The van der Waals surface area contributed by atoms with E-state index in [9.17, 15) is 13.2 Å². The zero-order valence-corrected chi connectivity index (χ0v) is 16.6. The first-order valence-electron chi connectivity index (χ1n) is 8.59. The van der Waals surface area contributed by atoms with Gasteiger partial charge in [-0.15, -0.1) is 23.7 Å². The van der Waals surface area contributed by atoms with E-state index in [4.69, 9.17) is 5.73 Å². The molecule has 142 valence electrons. The van der Waals surface area contributed by atoms with Crippen LogP contribution in [0.2, 0.25) is 0 Å². The molecule has 0 unspecified atom stereocenters. The number of nitrogens with zero attached hydrogens (tertiary/aromatic N) is 1. The number of amides is 1. The lowest BCUT2D eigenvalue weighted by Crippen LogP contribution is -2.40. The fraction of sp³-hybridized carbons (Fsp3) is 0.688.